The topological polar surface area (TPSA) is 208 Å². The number of aliphatic hydroxyl groups is 3. The van der Waals surface area contributed by atoms with Gasteiger partial charge in [-0.15, -0.1) is 11.8 Å². The van der Waals surface area contributed by atoms with Crippen molar-refractivity contribution in [2.75, 3.05) is 32.1 Å². The number of aliphatic hydroxyl groups excluding tert-OH is 3. The van der Waals surface area contributed by atoms with Crippen molar-refractivity contribution in [3.05, 3.63) is 47.6 Å². The summed E-state index contributed by atoms with van der Waals surface area (Å²) in [5, 5.41) is 58.3. The summed E-state index contributed by atoms with van der Waals surface area (Å²) in [5.41, 5.74) is -0.534. The number of cyclic esters (lactones) is 1. The number of likely N-dealkylation sites (tertiary alicyclic amines) is 1. The first kappa shape index (κ1) is 38.2. The van der Waals surface area contributed by atoms with E-state index in [9.17, 15) is 39.9 Å². The predicted molar refractivity (Wildman–Crippen MR) is 181 cm³/mol. The second-order valence-electron chi connectivity index (χ2n) is 12.5. The lowest BCUT2D eigenvalue weighted by Gasteiger charge is -2.40. The summed E-state index contributed by atoms with van der Waals surface area (Å²) in [7, 11) is 0. The van der Waals surface area contributed by atoms with Crippen molar-refractivity contribution in [1.29, 1.82) is 0 Å². The highest BCUT2D eigenvalue weighted by Crippen LogP contribution is 2.32. The van der Waals surface area contributed by atoms with Gasteiger partial charge in [-0.3, -0.25) is 9.59 Å². The highest BCUT2D eigenvalue weighted by Gasteiger charge is 2.42. The summed E-state index contributed by atoms with van der Waals surface area (Å²) in [4.78, 5) is 46.0. The molecule has 0 spiro atoms. The van der Waals surface area contributed by atoms with Crippen LogP contribution < -0.4 is 5.32 Å². The lowest BCUT2D eigenvalue weighted by atomic mass is 9.92. The lowest BCUT2D eigenvalue weighted by molar-refractivity contribution is -0.176. The van der Waals surface area contributed by atoms with Crippen LogP contribution in [-0.4, -0.2) is 122 Å². The number of fused-ring (bicyclic) bond motifs is 1. The number of hydrogen-bond acceptors (Lipinski definition) is 13. The molecular formula is C34H47N3O11S. The van der Waals surface area contributed by atoms with E-state index in [0.717, 1.165) is 37.1 Å². The average molecular weight is 706 g/mol. The standard InChI is InChI=1S/C34H47N3O11S/c1-20-8-6-9-23(35-28(41)19-49-34-32(44)31(43)21(2)27(17-38)48-34)10-7-11-24(36-46-18-29(42)37-12-4-3-5-13-37)14-22-15-25(39)16-26(40)30(22)33(45)47-20/h6-7,9,11,15-16,20-21,23,27,31-32,34,38-40,43-44H,3-5,8,10,12-14,17-19H2,1-2H3,(H,35,41)/b9-6+,11-7+,36-24-/t20-,21-,23-,27?,31+,32?,34+/m1/s1. The van der Waals surface area contributed by atoms with Crippen LogP contribution in [0.15, 0.2) is 41.6 Å². The molecule has 0 bridgehead atoms. The van der Waals surface area contributed by atoms with Crippen LogP contribution in [0.5, 0.6) is 11.5 Å². The highest BCUT2D eigenvalue weighted by molar-refractivity contribution is 8.00. The molecule has 0 saturated carbocycles. The molecule has 1 aromatic rings. The molecule has 3 heterocycles. The largest absolute Gasteiger partial charge is 0.508 e. The maximum atomic E-state index is 13.2. The van der Waals surface area contributed by atoms with E-state index >= 15 is 0 Å². The minimum atomic E-state index is -1.24. The lowest BCUT2D eigenvalue weighted by Crippen LogP contribution is -2.53. The Morgan fingerprint density at radius 3 is 2.57 bits per heavy atom. The van der Waals surface area contributed by atoms with Crippen molar-refractivity contribution in [2.24, 2.45) is 11.1 Å². The molecule has 7 atom stereocenters. The van der Waals surface area contributed by atoms with Crippen LogP contribution in [0, 0.1) is 5.92 Å². The molecule has 3 aliphatic rings. The summed E-state index contributed by atoms with van der Waals surface area (Å²) >= 11 is 1.01. The van der Waals surface area contributed by atoms with E-state index in [0.29, 0.717) is 25.9 Å². The molecular weight excluding hydrogens is 658 g/mol. The van der Waals surface area contributed by atoms with Crippen molar-refractivity contribution in [2.45, 2.75) is 88.3 Å². The Morgan fingerprint density at radius 2 is 1.84 bits per heavy atom. The number of thioether (sulfide) groups is 1. The Balaban J connectivity index is 1.50. The van der Waals surface area contributed by atoms with Gasteiger partial charge in [0.2, 0.25) is 5.91 Å². The Kier molecular flexibility index (Phi) is 14.3. The van der Waals surface area contributed by atoms with Gasteiger partial charge in [-0.25, -0.2) is 4.79 Å². The van der Waals surface area contributed by atoms with E-state index in [1.165, 1.54) is 6.07 Å². The molecule has 6 N–H and O–H groups in total. The number of aromatic hydroxyl groups is 2. The number of nitrogens with one attached hydrogen (secondary N) is 1. The number of esters is 1. The summed E-state index contributed by atoms with van der Waals surface area (Å²) < 4.78 is 11.3. The fourth-order valence-electron chi connectivity index (χ4n) is 5.85. The summed E-state index contributed by atoms with van der Waals surface area (Å²) in [5.74, 6) is -2.67. The maximum absolute atomic E-state index is 13.2. The number of carbonyl (C=O) groups excluding carboxylic acids is 3. The number of phenolic OH excluding ortho intramolecular Hbond substituents is 2. The summed E-state index contributed by atoms with van der Waals surface area (Å²) in [6.07, 6.45) is 6.70. The number of hydrogen-bond donors (Lipinski definition) is 6. The van der Waals surface area contributed by atoms with Crippen LogP contribution in [0.3, 0.4) is 0 Å². The maximum Gasteiger partial charge on any atom is 0.342 e. The third-order valence-corrected chi connectivity index (χ3v) is 9.80. The number of rotatable bonds is 8. The molecule has 270 valence electrons. The second-order valence-corrected chi connectivity index (χ2v) is 13.6. The third-order valence-electron chi connectivity index (χ3n) is 8.65. The number of benzene rings is 1. The first-order valence-electron chi connectivity index (χ1n) is 16.6. The Hall–Kier alpha value is -3.63. The van der Waals surface area contributed by atoms with E-state index in [4.69, 9.17) is 14.3 Å². The quantitative estimate of drug-likeness (QED) is 0.130. The van der Waals surface area contributed by atoms with Crippen molar-refractivity contribution in [3.8, 4) is 11.5 Å². The molecule has 2 amide bonds. The zero-order valence-electron chi connectivity index (χ0n) is 27.8. The van der Waals surface area contributed by atoms with Crippen molar-refractivity contribution in [1.82, 2.24) is 10.2 Å². The second kappa shape index (κ2) is 18.4. The monoisotopic (exact) mass is 705 g/mol. The van der Waals surface area contributed by atoms with Gasteiger partial charge in [0.15, 0.2) is 6.61 Å². The minimum Gasteiger partial charge on any atom is -0.508 e. The number of phenols is 2. The van der Waals surface area contributed by atoms with Crippen molar-refractivity contribution in [3.63, 3.8) is 0 Å². The number of carbonyl (C=O) groups is 3. The van der Waals surface area contributed by atoms with Gasteiger partial charge in [-0.05, 0) is 50.3 Å². The van der Waals surface area contributed by atoms with Gasteiger partial charge < -0.3 is 50.1 Å². The van der Waals surface area contributed by atoms with Crippen LogP contribution in [0.4, 0.5) is 0 Å². The number of piperidine rings is 1. The molecule has 49 heavy (non-hydrogen) atoms. The van der Waals surface area contributed by atoms with Gasteiger partial charge in [0.1, 0.15) is 34.7 Å². The predicted octanol–water partition coefficient (Wildman–Crippen LogP) is 1.77. The molecule has 2 saturated heterocycles. The van der Waals surface area contributed by atoms with Gasteiger partial charge in [-0.2, -0.15) is 0 Å². The normalized spacial score (nSPS) is 30.4. The van der Waals surface area contributed by atoms with Gasteiger partial charge >= 0.3 is 5.97 Å². The SMILES string of the molecule is C[C@@H]1C/C=C/[C@@H](NC(=O)CS[C@@H]2OC(CO)[C@@H](C)[C@H](O)C2O)C/C=C/C(=N/OCC(=O)N2CCCCC2)Cc2cc(O)cc(O)c2C(=O)O1. The highest BCUT2D eigenvalue weighted by atomic mass is 32.2. The smallest absolute Gasteiger partial charge is 0.342 e. The van der Waals surface area contributed by atoms with Gasteiger partial charge in [0, 0.05) is 37.9 Å². The Bertz CT molecular complexity index is 1400. The van der Waals surface area contributed by atoms with Gasteiger partial charge in [0.25, 0.3) is 5.91 Å². The molecule has 2 unspecified atom stereocenters. The van der Waals surface area contributed by atoms with Crippen LogP contribution in [-0.2, 0) is 30.3 Å². The Morgan fingerprint density at radius 1 is 1.08 bits per heavy atom. The van der Waals surface area contributed by atoms with E-state index in [1.54, 1.807) is 43.1 Å². The Labute approximate surface area is 289 Å². The molecule has 14 nitrogen and oxygen atoms in total. The van der Waals surface area contributed by atoms with Crippen LogP contribution in [0.2, 0.25) is 0 Å². The fourth-order valence-corrected chi connectivity index (χ4v) is 6.83. The molecule has 15 heteroatoms. The van der Waals surface area contributed by atoms with E-state index in [1.807, 2.05) is 0 Å². The molecule has 2 fully saturated rings. The average Bonchev–Trinajstić information content (AvgIpc) is 3.06. The van der Waals surface area contributed by atoms with Gasteiger partial charge in [0.05, 0.1) is 36.3 Å². The summed E-state index contributed by atoms with van der Waals surface area (Å²) in [6, 6.07) is 1.87. The number of ether oxygens (including phenoxy) is 2. The fraction of sp³-hybridized carbons (Fsp3) is 0.588. The van der Waals surface area contributed by atoms with E-state index < -0.39 is 53.5 Å². The first-order chi connectivity index (χ1) is 23.5. The van der Waals surface area contributed by atoms with Crippen molar-refractivity contribution < 1.29 is 54.2 Å². The first-order valence-corrected chi connectivity index (χ1v) is 17.6. The van der Waals surface area contributed by atoms with Crippen molar-refractivity contribution >= 4 is 35.3 Å². The van der Waals surface area contributed by atoms with Crippen LogP contribution in [0.25, 0.3) is 0 Å². The van der Waals surface area contributed by atoms with E-state index in [-0.39, 0.29) is 59.8 Å². The molecule has 4 rings (SSSR count). The number of nitrogens with zero attached hydrogens (tertiary/aromatic N) is 2. The molecule has 1 aromatic carbocycles. The third kappa shape index (κ3) is 10.9. The minimum absolute atomic E-state index is 0.0678. The van der Waals surface area contributed by atoms with E-state index in [2.05, 4.69) is 10.5 Å². The molecule has 0 aliphatic carbocycles. The number of oxime groups is 1. The zero-order chi connectivity index (χ0) is 35.5. The summed E-state index contributed by atoms with van der Waals surface area (Å²) in [6.45, 7) is 4.04. The van der Waals surface area contributed by atoms with Crippen LogP contribution >= 0.6 is 11.8 Å². The zero-order valence-corrected chi connectivity index (χ0v) is 28.6. The number of allylic oxidation sites excluding steroid dienone is 1. The van der Waals surface area contributed by atoms with Crippen LogP contribution in [0.1, 0.15) is 61.9 Å². The molecule has 0 aromatic heterocycles. The van der Waals surface area contributed by atoms with Gasteiger partial charge in [-0.1, -0.05) is 30.3 Å². The number of amides is 2. The molecule has 3 aliphatic heterocycles. The molecule has 0 radical (unpaired) electrons.